The molecule has 0 bridgehead atoms. The molecule has 0 N–H and O–H groups in total. The first kappa shape index (κ1) is 17.7. The largest absolute Gasteiger partial charge is 0.487 e. The van der Waals surface area contributed by atoms with Crippen molar-refractivity contribution in [1.82, 2.24) is 4.98 Å². The molecule has 2 aromatic carbocycles. The molecule has 0 fully saturated rings. The summed E-state index contributed by atoms with van der Waals surface area (Å²) in [6.45, 7) is 1.79. The van der Waals surface area contributed by atoms with Gasteiger partial charge in [-0.2, -0.15) is 0 Å². The highest BCUT2D eigenvalue weighted by molar-refractivity contribution is 6.37. The Morgan fingerprint density at radius 1 is 1.16 bits per heavy atom. The van der Waals surface area contributed by atoms with E-state index in [4.69, 9.17) is 39.5 Å². The zero-order chi connectivity index (χ0) is 18.1. The molecule has 25 heavy (non-hydrogen) atoms. The topological polar surface area (TPSA) is 65.3 Å². The molecule has 0 atom stereocenters. The number of rotatable bonds is 4. The van der Waals surface area contributed by atoms with Gasteiger partial charge in [0.15, 0.2) is 0 Å². The number of ether oxygens (including phenoxy) is 1. The molecule has 0 aliphatic carbocycles. The number of benzene rings is 2. The molecule has 3 rings (SSSR count). The molecule has 3 aromatic rings. The number of aromatic nitrogens is 1. The molecule has 0 aliphatic heterocycles. The maximum atomic E-state index is 11.0. The summed E-state index contributed by atoms with van der Waals surface area (Å²) in [5.74, 6) is 0.488. The van der Waals surface area contributed by atoms with E-state index in [1.807, 2.05) is 13.0 Å². The molecule has 0 aliphatic rings. The second-order valence-corrected chi connectivity index (χ2v) is 6.49. The highest BCUT2D eigenvalue weighted by Gasteiger charge is 2.19. The lowest BCUT2D eigenvalue weighted by molar-refractivity contribution is -0.384. The van der Waals surface area contributed by atoms with Crippen molar-refractivity contribution in [3.8, 4) is 5.75 Å². The van der Waals surface area contributed by atoms with Crippen LogP contribution in [0.4, 0.5) is 5.69 Å². The van der Waals surface area contributed by atoms with Gasteiger partial charge in [-0.3, -0.25) is 10.1 Å². The highest BCUT2D eigenvalue weighted by Crippen LogP contribution is 2.35. The Balaban J connectivity index is 1.99. The van der Waals surface area contributed by atoms with Gasteiger partial charge in [-0.25, -0.2) is 4.98 Å². The van der Waals surface area contributed by atoms with Gasteiger partial charge < -0.3 is 4.74 Å². The van der Waals surface area contributed by atoms with E-state index in [-0.39, 0.29) is 22.3 Å². The maximum absolute atomic E-state index is 11.0. The van der Waals surface area contributed by atoms with Crippen molar-refractivity contribution < 1.29 is 9.66 Å². The van der Waals surface area contributed by atoms with E-state index < -0.39 is 4.92 Å². The minimum Gasteiger partial charge on any atom is -0.487 e. The second-order valence-electron chi connectivity index (χ2n) is 5.30. The minimum absolute atomic E-state index is 0.0360. The van der Waals surface area contributed by atoms with E-state index >= 15 is 0 Å². The van der Waals surface area contributed by atoms with Crippen LogP contribution in [-0.2, 0) is 6.61 Å². The number of aryl methyl sites for hydroxylation is 1. The van der Waals surface area contributed by atoms with E-state index in [1.54, 1.807) is 18.2 Å². The van der Waals surface area contributed by atoms with Crippen LogP contribution in [-0.4, -0.2) is 9.91 Å². The Morgan fingerprint density at radius 3 is 2.64 bits per heavy atom. The molecule has 0 saturated carbocycles. The molecule has 0 radical (unpaired) electrons. The van der Waals surface area contributed by atoms with Crippen LogP contribution >= 0.6 is 34.8 Å². The highest BCUT2D eigenvalue weighted by atomic mass is 35.5. The van der Waals surface area contributed by atoms with Crippen molar-refractivity contribution in [2.24, 2.45) is 0 Å². The number of fused-ring (bicyclic) bond motifs is 1. The number of nitro benzene ring substituents is 1. The van der Waals surface area contributed by atoms with Crippen molar-refractivity contribution in [2.45, 2.75) is 13.5 Å². The van der Waals surface area contributed by atoms with Gasteiger partial charge in [0.25, 0.3) is 5.69 Å². The first-order chi connectivity index (χ1) is 11.9. The van der Waals surface area contributed by atoms with Crippen LogP contribution in [0.2, 0.25) is 15.1 Å². The van der Waals surface area contributed by atoms with Crippen molar-refractivity contribution in [1.29, 1.82) is 0 Å². The normalized spacial score (nSPS) is 10.9. The van der Waals surface area contributed by atoms with Crippen LogP contribution in [0.25, 0.3) is 10.9 Å². The van der Waals surface area contributed by atoms with Crippen LogP contribution in [0.1, 0.15) is 11.3 Å². The van der Waals surface area contributed by atoms with Gasteiger partial charge in [-0.15, -0.1) is 0 Å². The standard InChI is InChI=1S/C17H11Cl3N2O3/c1-9-7-13(19)10-3-2-4-15(17(10)21-9)25-8-11-12(18)5-6-14(16(11)20)22(23)24/h2-7H,8H2,1H3. The van der Waals surface area contributed by atoms with Crippen LogP contribution in [0, 0.1) is 17.0 Å². The van der Waals surface area contributed by atoms with E-state index in [9.17, 15) is 10.1 Å². The average molecular weight is 398 g/mol. The molecule has 0 unspecified atom stereocenters. The summed E-state index contributed by atoms with van der Waals surface area (Å²) in [5, 5.41) is 12.6. The number of nitro groups is 1. The molecule has 1 heterocycles. The monoisotopic (exact) mass is 396 g/mol. The molecule has 0 saturated heterocycles. The van der Waals surface area contributed by atoms with Crippen LogP contribution < -0.4 is 4.74 Å². The van der Waals surface area contributed by atoms with Crippen LogP contribution in [0.3, 0.4) is 0 Å². The number of pyridine rings is 1. The fraction of sp³-hybridized carbons (Fsp3) is 0.118. The fourth-order valence-corrected chi connectivity index (χ4v) is 3.28. The third-order valence-electron chi connectivity index (χ3n) is 3.61. The van der Waals surface area contributed by atoms with E-state index in [0.717, 1.165) is 11.1 Å². The predicted octanol–water partition coefficient (Wildman–Crippen LogP) is 5.99. The van der Waals surface area contributed by atoms with Crippen molar-refractivity contribution >= 4 is 51.4 Å². The molecule has 1 aromatic heterocycles. The Morgan fingerprint density at radius 2 is 1.92 bits per heavy atom. The molecule has 0 amide bonds. The van der Waals surface area contributed by atoms with Gasteiger partial charge in [0.05, 0.1) is 9.95 Å². The Labute approximate surface area is 158 Å². The summed E-state index contributed by atoms with van der Waals surface area (Å²) in [5.41, 5.74) is 1.47. The number of halogens is 3. The lowest BCUT2D eigenvalue weighted by atomic mass is 10.2. The molecule has 128 valence electrons. The Bertz CT molecular complexity index is 993. The van der Waals surface area contributed by atoms with Gasteiger partial charge >= 0.3 is 0 Å². The summed E-state index contributed by atoms with van der Waals surface area (Å²) < 4.78 is 5.80. The lowest BCUT2D eigenvalue weighted by Crippen LogP contribution is -2.01. The third kappa shape index (κ3) is 3.49. The number of para-hydroxylation sites is 1. The third-order valence-corrected chi connectivity index (χ3v) is 4.70. The Hall–Kier alpha value is -2.08. The summed E-state index contributed by atoms with van der Waals surface area (Å²) in [7, 11) is 0. The summed E-state index contributed by atoms with van der Waals surface area (Å²) in [4.78, 5) is 14.9. The SMILES string of the molecule is Cc1cc(Cl)c2cccc(OCc3c(Cl)ccc([N+](=O)[O-])c3Cl)c2n1. The number of hydrogen-bond donors (Lipinski definition) is 0. The first-order valence-electron chi connectivity index (χ1n) is 7.18. The average Bonchev–Trinajstić information content (AvgIpc) is 2.54. The fourth-order valence-electron chi connectivity index (χ4n) is 2.43. The van der Waals surface area contributed by atoms with Gasteiger partial charge in [-0.05, 0) is 25.1 Å². The van der Waals surface area contributed by atoms with Crippen molar-refractivity contribution in [3.05, 3.63) is 72.8 Å². The molecular weight excluding hydrogens is 387 g/mol. The van der Waals surface area contributed by atoms with Gasteiger partial charge in [-0.1, -0.05) is 46.9 Å². The zero-order valence-electron chi connectivity index (χ0n) is 12.9. The molecule has 0 spiro atoms. The van der Waals surface area contributed by atoms with E-state index in [2.05, 4.69) is 4.98 Å². The zero-order valence-corrected chi connectivity index (χ0v) is 15.2. The minimum atomic E-state index is -0.565. The number of hydrogen-bond acceptors (Lipinski definition) is 4. The van der Waals surface area contributed by atoms with E-state index in [0.29, 0.717) is 21.9 Å². The molecule has 8 heteroatoms. The molecule has 5 nitrogen and oxygen atoms in total. The predicted molar refractivity (Wildman–Crippen MR) is 98.9 cm³/mol. The maximum Gasteiger partial charge on any atom is 0.288 e. The smallest absolute Gasteiger partial charge is 0.288 e. The summed E-state index contributed by atoms with van der Waals surface area (Å²) in [6.07, 6.45) is 0. The Kier molecular flexibility index (Phi) is 4.99. The van der Waals surface area contributed by atoms with Gasteiger partial charge in [0, 0.05) is 27.7 Å². The van der Waals surface area contributed by atoms with Gasteiger partial charge in [0.1, 0.15) is 22.9 Å². The lowest BCUT2D eigenvalue weighted by Gasteiger charge is -2.12. The van der Waals surface area contributed by atoms with Crippen LogP contribution in [0.15, 0.2) is 36.4 Å². The second kappa shape index (κ2) is 7.04. The molecular formula is C17H11Cl3N2O3. The van der Waals surface area contributed by atoms with Gasteiger partial charge in [0.2, 0.25) is 0 Å². The first-order valence-corrected chi connectivity index (χ1v) is 8.32. The number of nitrogens with zero attached hydrogens (tertiary/aromatic N) is 2. The van der Waals surface area contributed by atoms with Crippen LogP contribution in [0.5, 0.6) is 5.75 Å². The summed E-state index contributed by atoms with van der Waals surface area (Å²) in [6, 6.07) is 9.82. The van der Waals surface area contributed by atoms with Crippen molar-refractivity contribution in [3.63, 3.8) is 0 Å². The van der Waals surface area contributed by atoms with E-state index in [1.165, 1.54) is 12.1 Å². The quantitative estimate of drug-likeness (QED) is 0.400. The summed E-state index contributed by atoms with van der Waals surface area (Å²) >= 11 is 18.5. The van der Waals surface area contributed by atoms with Crippen molar-refractivity contribution in [2.75, 3.05) is 0 Å².